The minimum atomic E-state index is 0.0373. The van der Waals surface area contributed by atoms with Gasteiger partial charge in [0.05, 0.1) is 23.2 Å². The highest BCUT2D eigenvalue weighted by atomic mass is 79.9. The van der Waals surface area contributed by atoms with Crippen LogP contribution >= 0.6 is 31.9 Å². The Hall–Kier alpha value is -0.590. The molecule has 0 radical (unpaired) electrons. The lowest BCUT2D eigenvalue weighted by atomic mass is 9.99. The number of amides is 1. The van der Waals surface area contributed by atoms with E-state index in [4.69, 9.17) is 4.74 Å². The molecule has 1 aromatic carbocycles. The van der Waals surface area contributed by atoms with E-state index < -0.39 is 0 Å². The Morgan fingerprint density at radius 3 is 2.84 bits per heavy atom. The Bertz CT molecular complexity index is 474. The number of carbonyl (C=O) groups excluding carboxylic acids is 1. The second-order valence-corrected chi connectivity index (χ2v) is 6.21. The van der Waals surface area contributed by atoms with Gasteiger partial charge in [0.15, 0.2) is 0 Å². The maximum atomic E-state index is 12.2. The first-order chi connectivity index (χ1) is 9.11. The number of benzene rings is 1. The molecule has 0 aliphatic carbocycles. The van der Waals surface area contributed by atoms with Crippen molar-refractivity contribution in [2.75, 3.05) is 25.5 Å². The van der Waals surface area contributed by atoms with Gasteiger partial charge in [0.1, 0.15) is 5.75 Å². The minimum absolute atomic E-state index is 0.0373. The molecule has 0 bridgehead atoms. The molecular formula is C13H16Br2N2O2. The summed E-state index contributed by atoms with van der Waals surface area (Å²) in [6.45, 7) is 1.75. The monoisotopic (exact) mass is 390 g/mol. The summed E-state index contributed by atoms with van der Waals surface area (Å²) in [6, 6.07) is 3.68. The molecule has 1 aliphatic rings. The second kappa shape index (κ2) is 6.72. The van der Waals surface area contributed by atoms with Gasteiger partial charge < -0.3 is 15.4 Å². The third-order valence-corrected chi connectivity index (χ3v) is 4.44. The van der Waals surface area contributed by atoms with E-state index in [0.717, 1.165) is 40.6 Å². The Morgan fingerprint density at radius 1 is 1.42 bits per heavy atom. The number of hydrogen-bond acceptors (Lipinski definition) is 3. The highest BCUT2D eigenvalue weighted by molar-refractivity contribution is 9.11. The molecule has 1 fully saturated rings. The molecule has 1 amide bonds. The molecule has 0 saturated carbocycles. The summed E-state index contributed by atoms with van der Waals surface area (Å²) in [6.07, 6.45) is 1.98. The van der Waals surface area contributed by atoms with Crippen LogP contribution in [0.15, 0.2) is 21.1 Å². The second-order valence-electron chi connectivity index (χ2n) is 4.50. The summed E-state index contributed by atoms with van der Waals surface area (Å²) in [5.41, 5.74) is 0.732. The number of halogens is 2. The first-order valence-corrected chi connectivity index (χ1v) is 7.75. The van der Waals surface area contributed by atoms with Crippen LogP contribution in [0.3, 0.4) is 0 Å². The zero-order valence-electron chi connectivity index (χ0n) is 10.6. The molecule has 0 spiro atoms. The number of piperidine rings is 1. The number of ether oxygens (including phenoxy) is 1. The highest BCUT2D eigenvalue weighted by Crippen LogP contribution is 2.34. The van der Waals surface area contributed by atoms with Gasteiger partial charge in [-0.15, -0.1) is 0 Å². The van der Waals surface area contributed by atoms with Gasteiger partial charge in [-0.1, -0.05) is 0 Å². The predicted molar refractivity (Wildman–Crippen MR) is 82.6 cm³/mol. The summed E-state index contributed by atoms with van der Waals surface area (Å²) in [7, 11) is 1.60. The molecule has 19 heavy (non-hydrogen) atoms. The Labute approximate surface area is 129 Å². The smallest absolute Gasteiger partial charge is 0.228 e. The van der Waals surface area contributed by atoms with Gasteiger partial charge in [0.25, 0.3) is 0 Å². The van der Waals surface area contributed by atoms with Crippen LogP contribution in [-0.4, -0.2) is 26.1 Å². The van der Waals surface area contributed by atoms with E-state index in [1.54, 1.807) is 7.11 Å². The molecule has 1 saturated heterocycles. The zero-order valence-corrected chi connectivity index (χ0v) is 13.8. The average Bonchev–Trinajstić information content (AvgIpc) is 2.42. The molecular weight excluding hydrogens is 376 g/mol. The van der Waals surface area contributed by atoms with Crippen LogP contribution in [0.25, 0.3) is 0 Å². The Balaban J connectivity index is 2.11. The lowest BCUT2D eigenvalue weighted by molar-refractivity contribution is -0.120. The average molecular weight is 392 g/mol. The molecule has 0 aromatic heterocycles. The van der Waals surface area contributed by atoms with Crippen molar-refractivity contribution in [3.63, 3.8) is 0 Å². The van der Waals surface area contributed by atoms with E-state index in [0.29, 0.717) is 5.75 Å². The van der Waals surface area contributed by atoms with Gasteiger partial charge >= 0.3 is 0 Å². The normalized spacial score (nSPS) is 19.0. The molecule has 2 rings (SSSR count). The molecule has 4 nitrogen and oxygen atoms in total. The third kappa shape index (κ3) is 3.70. The molecule has 1 atom stereocenters. The maximum Gasteiger partial charge on any atom is 0.228 e. The minimum Gasteiger partial charge on any atom is -0.495 e. The topological polar surface area (TPSA) is 50.4 Å². The molecule has 1 aliphatic heterocycles. The van der Waals surface area contributed by atoms with Crippen LogP contribution in [0.5, 0.6) is 5.75 Å². The standard InChI is InChI=1S/C13H16Br2N2O2/c1-19-12-6-11(9(14)5-10(12)15)17-13(18)8-3-2-4-16-7-8/h5-6,8,16H,2-4,7H2,1H3,(H,17,18)/t8-/m0/s1. The van der Waals surface area contributed by atoms with Crippen molar-refractivity contribution in [2.24, 2.45) is 5.92 Å². The number of rotatable bonds is 3. The summed E-state index contributed by atoms with van der Waals surface area (Å²) >= 11 is 6.85. The predicted octanol–water partition coefficient (Wildman–Crippen LogP) is 3.16. The Kier molecular flexibility index (Phi) is 5.24. The number of anilines is 1. The van der Waals surface area contributed by atoms with Crippen LogP contribution in [0.4, 0.5) is 5.69 Å². The molecule has 0 unspecified atom stereocenters. The van der Waals surface area contributed by atoms with Crippen molar-refractivity contribution in [3.8, 4) is 5.75 Å². The van der Waals surface area contributed by atoms with Crippen molar-refractivity contribution < 1.29 is 9.53 Å². The van der Waals surface area contributed by atoms with Crippen LogP contribution in [0.1, 0.15) is 12.8 Å². The quantitative estimate of drug-likeness (QED) is 0.831. The van der Waals surface area contributed by atoms with Crippen molar-refractivity contribution in [2.45, 2.75) is 12.8 Å². The van der Waals surface area contributed by atoms with Gasteiger partial charge in [-0.05, 0) is 57.3 Å². The number of nitrogens with one attached hydrogen (secondary N) is 2. The molecule has 1 heterocycles. The van der Waals surface area contributed by atoms with Crippen LogP contribution < -0.4 is 15.4 Å². The lowest BCUT2D eigenvalue weighted by Gasteiger charge is -2.22. The van der Waals surface area contributed by atoms with E-state index in [-0.39, 0.29) is 11.8 Å². The summed E-state index contributed by atoms with van der Waals surface area (Å²) < 4.78 is 6.91. The SMILES string of the molecule is COc1cc(NC(=O)[C@H]2CCCNC2)c(Br)cc1Br. The molecule has 2 N–H and O–H groups in total. The fourth-order valence-corrected chi connectivity index (χ4v) is 3.35. The highest BCUT2D eigenvalue weighted by Gasteiger charge is 2.21. The van der Waals surface area contributed by atoms with Gasteiger partial charge in [-0.25, -0.2) is 0 Å². The van der Waals surface area contributed by atoms with Gasteiger partial charge in [-0.2, -0.15) is 0 Å². The fraction of sp³-hybridized carbons (Fsp3) is 0.462. The van der Waals surface area contributed by atoms with Crippen molar-refractivity contribution in [1.29, 1.82) is 0 Å². The summed E-state index contributed by atoms with van der Waals surface area (Å²) in [4.78, 5) is 12.2. The van der Waals surface area contributed by atoms with Crippen molar-refractivity contribution in [3.05, 3.63) is 21.1 Å². The Morgan fingerprint density at radius 2 is 2.21 bits per heavy atom. The third-order valence-electron chi connectivity index (χ3n) is 3.17. The van der Waals surface area contributed by atoms with E-state index >= 15 is 0 Å². The first kappa shape index (κ1) is 14.8. The number of hydrogen-bond donors (Lipinski definition) is 2. The first-order valence-electron chi connectivity index (χ1n) is 6.16. The van der Waals surface area contributed by atoms with Gasteiger partial charge in [0.2, 0.25) is 5.91 Å². The van der Waals surface area contributed by atoms with Crippen LogP contribution in [0.2, 0.25) is 0 Å². The van der Waals surface area contributed by atoms with E-state index in [9.17, 15) is 4.79 Å². The number of carbonyl (C=O) groups is 1. The van der Waals surface area contributed by atoms with Gasteiger partial charge in [-0.3, -0.25) is 4.79 Å². The van der Waals surface area contributed by atoms with E-state index in [1.807, 2.05) is 12.1 Å². The molecule has 1 aromatic rings. The van der Waals surface area contributed by atoms with E-state index in [1.165, 1.54) is 0 Å². The zero-order chi connectivity index (χ0) is 13.8. The molecule has 104 valence electrons. The lowest BCUT2D eigenvalue weighted by Crippen LogP contribution is -2.37. The van der Waals surface area contributed by atoms with E-state index in [2.05, 4.69) is 42.5 Å². The summed E-state index contributed by atoms with van der Waals surface area (Å²) in [5, 5.41) is 6.20. The largest absolute Gasteiger partial charge is 0.495 e. The van der Waals surface area contributed by atoms with Gasteiger partial charge in [0, 0.05) is 17.1 Å². The summed E-state index contributed by atoms with van der Waals surface area (Å²) in [5.74, 6) is 0.785. The maximum absolute atomic E-state index is 12.2. The van der Waals surface area contributed by atoms with Crippen LogP contribution in [0, 0.1) is 5.92 Å². The number of methoxy groups -OCH3 is 1. The van der Waals surface area contributed by atoms with Crippen molar-refractivity contribution >= 4 is 43.5 Å². The van der Waals surface area contributed by atoms with Crippen molar-refractivity contribution in [1.82, 2.24) is 5.32 Å². The molecule has 6 heteroatoms. The fourth-order valence-electron chi connectivity index (χ4n) is 2.09. The van der Waals surface area contributed by atoms with Crippen LogP contribution in [-0.2, 0) is 4.79 Å².